The highest BCUT2D eigenvalue weighted by molar-refractivity contribution is 5.33. The van der Waals surface area contributed by atoms with Gasteiger partial charge in [-0.25, -0.2) is 4.39 Å². The summed E-state index contributed by atoms with van der Waals surface area (Å²) in [5.74, 6) is 1.37. The molecule has 0 unspecified atom stereocenters. The van der Waals surface area contributed by atoms with Crippen LogP contribution in [-0.2, 0) is 6.54 Å². The molecule has 2 heterocycles. The van der Waals surface area contributed by atoms with Crippen molar-refractivity contribution < 1.29 is 9.13 Å². The number of aromatic amines is 1. The first-order valence-electron chi connectivity index (χ1n) is 8.83. The minimum atomic E-state index is -0.182. The van der Waals surface area contributed by atoms with Gasteiger partial charge in [-0.1, -0.05) is 24.3 Å². The molecule has 1 aromatic heterocycles. The summed E-state index contributed by atoms with van der Waals surface area (Å²) in [6.07, 6.45) is 1.80. The Hall–Kier alpha value is -2.66. The number of halogens is 1. The Balaban J connectivity index is 1.58. The molecule has 4 nitrogen and oxygen atoms in total. The highest BCUT2D eigenvalue weighted by atomic mass is 19.1. The van der Waals surface area contributed by atoms with E-state index in [0.29, 0.717) is 11.8 Å². The normalized spacial score (nSPS) is 20.4. The molecule has 2 aromatic carbocycles. The quantitative estimate of drug-likeness (QED) is 0.757. The van der Waals surface area contributed by atoms with Gasteiger partial charge in [0.25, 0.3) is 0 Å². The van der Waals surface area contributed by atoms with Crippen molar-refractivity contribution in [2.75, 3.05) is 20.2 Å². The number of ether oxygens (including phenoxy) is 1. The van der Waals surface area contributed by atoms with E-state index in [0.717, 1.165) is 36.6 Å². The van der Waals surface area contributed by atoms with Crippen LogP contribution in [0.2, 0.25) is 0 Å². The minimum Gasteiger partial charge on any atom is -0.497 e. The number of likely N-dealkylation sites (tertiary alicyclic amines) is 1. The Bertz CT molecular complexity index is 848. The second-order valence-electron chi connectivity index (χ2n) is 6.82. The number of methoxy groups -OCH3 is 1. The second kappa shape index (κ2) is 7.30. The van der Waals surface area contributed by atoms with Crippen LogP contribution >= 0.6 is 0 Å². The highest BCUT2D eigenvalue weighted by Crippen LogP contribution is 2.39. The zero-order valence-corrected chi connectivity index (χ0v) is 14.7. The van der Waals surface area contributed by atoms with Crippen LogP contribution in [0.5, 0.6) is 5.75 Å². The number of nitrogens with zero attached hydrogens (tertiary/aromatic N) is 2. The largest absolute Gasteiger partial charge is 0.497 e. The van der Waals surface area contributed by atoms with Crippen LogP contribution in [0.25, 0.3) is 0 Å². The Morgan fingerprint density at radius 2 is 1.92 bits per heavy atom. The number of hydrogen-bond acceptors (Lipinski definition) is 3. The van der Waals surface area contributed by atoms with Crippen molar-refractivity contribution in [2.45, 2.75) is 18.4 Å². The average molecular weight is 351 g/mol. The molecular weight excluding hydrogens is 329 g/mol. The van der Waals surface area contributed by atoms with E-state index >= 15 is 0 Å². The van der Waals surface area contributed by atoms with Gasteiger partial charge in [-0.3, -0.25) is 10.00 Å². The van der Waals surface area contributed by atoms with E-state index in [1.807, 2.05) is 24.3 Å². The number of H-pyrrole nitrogens is 1. The first-order valence-corrected chi connectivity index (χ1v) is 8.83. The fourth-order valence-electron chi connectivity index (χ4n) is 3.89. The number of benzene rings is 2. The van der Waals surface area contributed by atoms with Gasteiger partial charge in [0.05, 0.1) is 7.11 Å². The van der Waals surface area contributed by atoms with Gasteiger partial charge in [0.1, 0.15) is 11.6 Å². The van der Waals surface area contributed by atoms with Crippen molar-refractivity contribution in [3.63, 3.8) is 0 Å². The third kappa shape index (κ3) is 3.48. The van der Waals surface area contributed by atoms with Crippen molar-refractivity contribution in [2.24, 2.45) is 0 Å². The van der Waals surface area contributed by atoms with Gasteiger partial charge in [0, 0.05) is 43.4 Å². The standard InChI is InChI=1S/C21H22FN3O/c1-26-18-7-5-16(6-8-18)19-13-25(12-15-3-2-4-17(22)11-15)14-20(19)21-9-10-23-24-21/h2-11,19-20H,12-14H2,1H3,(H,23,24)/t19-,20+/m0/s1. The summed E-state index contributed by atoms with van der Waals surface area (Å²) in [5, 5.41) is 7.26. The van der Waals surface area contributed by atoms with E-state index in [9.17, 15) is 4.39 Å². The molecule has 1 aliphatic rings. The molecule has 1 fully saturated rings. The summed E-state index contributed by atoms with van der Waals surface area (Å²) in [6, 6.07) is 17.2. The van der Waals surface area contributed by atoms with Crippen molar-refractivity contribution in [3.05, 3.63) is 83.4 Å². The molecule has 2 atom stereocenters. The first kappa shape index (κ1) is 16.8. The van der Waals surface area contributed by atoms with E-state index in [1.165, 1.54) is 11.6 Å². The molecule has 0 saturated carbocycles. The van der Waals surface area contributed by atoms with Gasteiger partial charge < -0.3 is 4.74 Å². The molecule has 0 radical (unpaired) electrons. The fourth-order valence-corrected chi connectivity index (χ4v) is 3.89. The smallest absolute Gasteiger partial charge is 0.123 e. The van der Waals surface area contributed by atoms with Gasteiger partial charge in [0.15, 0.2) is 0 Å². The number of nitrogens with one attached hydrogen (secondary N) is 1. The lowest BCUT2D eigenvalue weighted by atomic mass is 9.87. The van der Waals surface area contributed by atoms with Crippen LogP contribution in [0.3, 0.4) is 0 Å². The summed E-state index contributed by atoms with van der Waals surface area (Å²) in [7, 11) is 1.68. The van der Waals surface area contributed by atoms with E-state index in [2.05, 4.69) is 27.2 Å². The maximum atomic E-state index is 13.5. The van der Waals surface area contributed by atoms with Gasteiger partial charge in [-0.2, -0.15) is 5.10 Å². The van der Waals surface area contributed by atoms with Gasteiger partial charge in [-0.15, -0.1) is 0 Å². The molecule has 0 aliphatic carbocycles. The summed E-state index contributed by atoms with van der Waals surface area (Å²) < 4.78 is 18.8. The zero-order chi connectivity index (χ0) is 17.9. The summed E-state index contributed by atoms with van der Waals surface area (Å²) in [4.78, 5) is 2.38. The molecule has 5 heteroatoms. The molecule has 0 amide bonds. The zero-order valence-electron chi connectivity index (χ0n) is 14.7. The Morgan fingerprint density at radius 3 is 2.62 bits per heavy atom. The van der Waals surface area contributed by atoms with Crippen LogP contribution in [0.1, 0.15) is 28.7 Å². The van der Waals surface area contributed by atoms with Crippen LogP contribution < -0.4 is 4.74 Å². The molecular formula is C21H22FN3O. The van der Waals surface area contributed by atoms with E-state index in [1.54, 1.807) is 25.4 Å². The third-order valence-electron chi connectivity index (χ3n) is 5.16. The molecule has 4 rings (SSSR count). The monoisotopic (exact) mass is 351 g/mol. The summed E-state index contributed by atoms with van der Waals surface area (Å²) in [6.45, 7) is 2.58. The van der Waals surface area contributed by atoms with Crippen LogP contribution in [0.15, 0.2) is 60.8 Å². The van der Waals surface area contributed by atoms with Crippen LogP contribution in [-0.4, -0.2) is 35.3 Å². The molecule has 0 bridgehead atoms. The number of aromatic nitrogens is 2. The highest BCUT2D eigenvalue weighted by Gasteiger charge is 2.35. The minimum absolute atomic E-state index is 0.182. The van der Waals surface area contributed by atoms with Crippen LogP contribution in [0, 0.1) is 5.82 Å². The summed E-state index contributed by atoms with van der Waals surface area (Å²) in [5.41, 5.74) is 3.43. The Labute approximate surface area is 152 Å². The van der Waals surface area contributed by atoms with Gasteiger partial charge in [-0.05, 0) is 41.5 Å². The van der Waals surface area contributed by atoms with Crippen molar-refractivity contribution in [3.8, 4) is 5.75 Å². The van der Waals surface area contributed by atoms with Gasteiger partial charge >= 0.3 is 0 Å². The molecule has 1 N–H and O–H groups in total. The lowest BCUT2D eigenvalue weighted by molar-refractivity contribution is 0.323. The lowest BCUT2D eigenvalue weighted by Crippen LogP contribution is -2.20. The lowest BCUT2D eigenvalue weighted by Gasteiger charge is -2.18. The van der Waals surface area contributed by atoms with E-state index in [4.69, 9.17) is 4.74 Å². The van der Waals surface area contributed by atoms with Crippen molar-refractivity contribution >= 4 is 0 Å². The first-order chi connectivity index (χ1) is 12.7. The molecule has 3 aromatic rings. The molecule has 0 spiro atoms. The van der Waals surface area contributed by atoms with Gasteiger partial charge in [0.2, 0.25) is 0 Å². The second-order valence-corrected chi connectivity index (χ2v) is 6.82. The predicted molar refractivity (Wildman–Crippen MR) is 98.7 cm³/mol. The maximum absolute atomic E-state index is 13.5. The van der Waals surface area contributed by atoms with Crippen molar-refractivity contribution in [1.82, 2.24) is 15.1 Å². The van der Waals surface area contributed by atoms with E-state index < -0.39 is 0 Å². The predicted octanol–water partition coefficient (Wildman–Crippen LogP) is 3.94. The Morgan fingerprint density at radius 1 is 1.12 bits per heavy atom. The van der Waals surface area contributed by atoms with Crippen LogP contribution in [0.4, 0.5) is 4.39 Å². The Kier molecular flexibility index (Phi) is 4.71. The molecule has 1 aliphatic heterocycles. The topological polar surface area (TPSA) is 41.1 Å². The molecule has 26 heavy (non-hydrogen) atoms. The SMILES string of the molecule is COc1ccc([C@@H]2CN(Cc3cccc(F)c3)C[C@H]2c2ccn[nH]2)cc1. The molecule has 1 saturated heterocycles. The van der Waals surface area contributed by atoms with Crippen molar-refractivity contribution in [1.29, 1.82) is 0 Å². The number of hydrogen-bond donors (Lipinski definition) is 1. The fraction of sp³-hybridized carbons (Fsp3) is 0.286. The molecule has 134 valence electrons. The maximum Gasteiger partial charge on any atom is 0.123 e. The van der Waals surface area contributed by atoms with E-state index in [-0.39, 0.29) is 5.82 Å². The third-order valence-corrected chi connectivity index (χ3v) is 5.16. The summed E-state index contributed by atoms with van der Waals surface area (Å²) >= 11 is 0. The number of rotatable bonds is 5. The average Bonchev–Trinajstić information content (AvgIpc) is 3.31.